The van der Waals surface area contributed by atoms with Crippen molar-refractivity contribution in [2.45, 2.75) is 32.7 Å². The maximum Gasteiger partial charge on any atom is 0.231 e. The molecule has 2 unspecified atom stereocenters. The van der Waals surface area contributed by atoms with Crippen LogP contribution in [-0.4, -0.2) is 11.9 Å². The second-order valence-electron chi connectivity index (χ2n) is 5.21. The molecule has 0 N–H and O–H groups in total. The Morgan fingerprint density at radius 2 is 2.00 bits per heavy atom. The molecule has 1 saturated carbocycles. The molecule has 1 heterocycles. The van der Waals surface area contributed by atoms with Gasteiger partial charge in [-0.2, -0.15) is 0 Å². The molecule has 1 fully saturated rings. The van der Waals surface area contributed by atoms with Crippen LogP contribution in [-0.2, 0) is 11.2 Å². The fourth-order valence-electron chi connectivity index (χ4n) is 2.98. The lowest BCUT2D eigenvalue weighted by Gasteiger charge is -2.46. The Bertz CT molecular complexity index is 440. The maximum atomic E-state index is 12.0. The van der Waals surface area contributed by atoms with Gasteiger partial charge in [0.2, 0.25) is 5.91 Å². The molecule has 1 aromatic carbocycles. The highest BCUT2D eigenvalue weighted by Crippen LogP contribution is 2.42. The molecule has 1 aliphatic heterocycles. The van der Waals surface area contributed by atoms with Gasteiger partial charge in [-0.3, -0.25) is 4.79 Å². The number of fused-ring (bicyclic) bond motifs is 1. The quantitative estimate of drug-likeness (QED) is 0.705. The van der Waals surface area contributed by atoms with Crippen LogP contribution in [0, 0.1) is 11.8 Å². The van der Waals surface area contributed by atoms with E-state index in [-0.39, 0.29) is 5.91 Å². The molecule has 3 rings (SSSR count). The van der Waals surface area contributed by atoms with Crippen LogP contribution in [0.3, 0.4) is 0 Å². The summed E-state index contributed by atoms with van der Waals surface area (Å²) in [6.45, 7) is 4.53. The summed E-state index contributed by atoms with van der Waals surface area (Å²) >= 11 is 0. The maximum absolute atomic E-state index is 12.0. The third kappa shape index (κ3) is 1.22. The third-order valence-corrected chi connectivity index (χ3v) is 4.31. The topological polar surface area (TPSA) is 20.3 Å². The smallest absolute Gasteiger partial charge is 0.231 e. The zero-order chi connectivity index (χ0) is 11.3. The molecule has 1 amide bonds. The largest absolute Gasteiger partial charge is 0.309 e. The van der Waals surface area contributed by atoms with Gasteiger partial charge in [-0.05, 0) is 29.9 Å². The van der Waals surface area contributed by atoms with Crippen LogP contribution < -0.4 is 4.90 Å². The zero-order valence-corrected chi connectivity index (χ0v) is 9.81. The second-order valence-corrected chi connectivity index (χ2v) is 5.21. The SMILES string of the molecule is CC1CC(N2C(=O)Cc3ccccc32)[C@@H]1C. The van der Waals surface area contributed by atoms with Crippen molar-refractivity contribution >= 4 is 11.6 Å². The van der Waals surface area contributed by atoms with Gasteiger partial charge in [0.05, 0.1) is 6.42 Å². The van der Waals surface area contributed by atoms with E-state index in [9.17, 15) is 4.79 Å². The molecule has 84 valence electrons. The first-order valence-electron chi connectivity index (χ1n) is 6.08. The number of benzene rings is 1. The number of nitrogens with zero attached hydrogens (tertiary/aromatic N) is 1. The molecule has 0 radical (unpaired) electrons. The molecule has 3 atom stereocenters. The summed E-state index contributed by atoms with van der Waals surface area (Å²) in [5, 5.41) is 0. The fourth-order valence-corrected chi connectivity index (χ4v) is 2.98. The van der Waals surface area contributed by atoms with Crippen LogP contribution in [0.2, 0.25) is 0 Å². The minimum atomic E-state index is 0.282. The van der Waals surface area contributed by atoms with E-state index in [1.54, 1.807) is 0 Å². The first-order chi connectivity index (χ1) is 7.68. The van der Waals surface area contributed by atoms with E-state index in [0.717, 1.165) is 18.0 Å². The number of hydrogen-bond donors (Lipinski definition) is 0. The predicted molar refractivity (Wildman–Crippen MR) is 64.4 cm³/mol. The Hall–Kier alpha value is -1.31. The minimum Gasteiger partial charge on any atom is -0.309 e. The van der Waals surface area contributed by atoms with Gasteiger partial charge in [-0.1, -0.05) is 32.0 Å². The molecule has 2 heteroatoms. The van der Waals surface area contributed by atoms with E-state index in [1.165, 1.54) is 5.56 Å². The number of hydrogen-bond acceptors (Lipinski definition) is 1. The van der Waals surface area contributed by atoms with Gasteiger partial charge in [0, 0.05) is 11.7 Å². The fraction of sp³-hybridized carbons (Fsp3) is 0.500. The Morgan fingerprint density at radius 1 is 1.25 bits per heavy atom. The lowest BCUT2D eigenvalue weighted by atomic mass is 9.70. The molecule has 1 aromatic rings. The number of para-hydroxylation sites is 1. The summed E-state index contributed by atoms with van der Waals surface area (Å²) in [6.07, 6.45) is 1.75. The molecule has 2 aliphatic rings. The Morgan fingerprint density at radius 3 is 2.69 bits per heavy atom. The van der Waals surface area contributed by atoms with Crippen LogP contribution in [0.1, 0.15) is 25.8 Å². The normalized spacial score (nSPS) is 32.5. The molecule has 2 nitrogen and oxygen atoms in total. The molecule has 0 saturated heterocycles. The van der Waals surface area contributed by atoms with Crippen molar-refractivity contribution in [3.05, 3.63) is 29.8 Å². The minimum absolute atomic E-state index is 0.282. The summed E-state index contributed by atoms with van der Waals surface area (Å²) in [5.41, 5.74) is 2.34. The van der Waals surface area contributed by atoms with Gasteiger partial charge in [0.1, 0.15) is 0 Å². The van der Waals surface area contributed by atoms with Gasteiger partial charge < -0.3 is 4.90 Å². The summed E-state index contributed by atoms with van der Waals surface area (Å²) in [5.74, 6) is 1.67. The molecule has 0 aromatic heterocycles. The van der Waals surface area contributed by atoms with Crippen molar-refractivity contribution in [3.63, 3.8) is 0 Å². The Kier molecular flexibility index (Phi) is 2.06. The van der Waals surface area contributed by atoms with E-state index in [4.69, 9.17) is 0 Å². The van der Waals surface area contributed by atoms with Crippen LogP contribution in [0.15, 0.2) is 24.3 Å². The van der Waals surface area contributed by atoms with Gasteiger partial charge in [-0.25, -0.2) is 0 Å². The van der Waals surface area contributed by atoms with E-state index >= 15 is 0 Å². The number of anilines is 1. The van der Waals surface area contributed by atoms with Crippen molar-refractivity contribution in [1.82, 2.24) is 0 Å². The highest BCUT2D eigenvalue weighted by molar-refractivity contribution is 6.02. The summed E-state index contributed by atoms with van der Waals surface area (Å²) in [4.78, 5) is 14.1. The summed E-state index contributed by atoms with van der Waals surface area (Å²) < 4.78 is 0. The number of carbonyl (C=O) groups excluding carboxylic acids is 1. The van der Waals surface area contributed by atoms with Crippen LogP contribution >= 0.6 is 0 Å². The van der Waals surface area contributed by atoms with Crippen LogP contribution in [0.4, 0.5) is 5.69 Å². The third-order valence-electron chi connectivity index (χ3n) is 4.31. The highest BCUT2D eigenvalue weighted by Gasteiger charge is 2.43. The van der Waals surface area contributed by atoms with E-state index in [0.29, 0.717) is 18.4 Å². The molecular weight excluding hydrogens is 198 g/mol. The number of rotatable bonds is 1. The number of amides is 1. The lowest BCUT2D eigenvalue weighted by molar-refractivity contribution is -0.118. The van der Waals surface area contributed by atoms with E-state index in [2.05, 4.69) is 26.0 Å². The van der Waals surface area contributed by atoms with Gasteiger partial charge in [0.25, 0.3) is 0 Å². The van der Waals surface area contributed by atoms with Crippen molar-refractivity contribution in [1.29, 1.82) is 0 Å². The summed E-state index contributed by atoms with van der Waals surface area (Å²) in [7, 11) is 0. The predicted octanol–water partition coefficient (Wildman–Crippen LogP) is 2.62. The number of carbonyl (C=O) groups is 1. The average molecular weight is 215 g/mol. The lowest BCUT2D eigenvalue weighted by Crippen LogP contribution is -2.52. The van der Waals surface area contributed by atoms with Gasteiger partial charge in [0.15, 0.2) is 0 Å². The average Bonchev–Trinajstić information content (AvgIpc) is 2.61. The Balaban J connectivity index is 1.94. The van der Waals surface area contributed by atoms with Gasteiger partial charge >= 0.3 is 0 Å². The van der Waals surface area contributed by atoms with Gasteiger partial charge in [-0.15, -0.1) is 0 Å². The molecule has 0 spiro atoms. The van der Waals surface area contributed by atoms with Crippen LogP contribution in [0.5, 0.6) is 0 Å². The van der Waals surface area contributed by atoms with Crippen LogP contribution in [0.25, 0.3) is 0 Å². The van der Waals surface area contributed by atoms with Crippen molar-refractivity contribution in [2.24, 2.45) is 11.8 Å². The molecular formula is C14H17NO. The van der Waals surface area contributed by atoms with Crippen molar-refractivity contribution < 1.29 is 4.79 Å². The first-order valence-corrected chi connectivity index (χ1v) is 6.08. The molecule has 1 aliphatic carbocycles. The highest BCUT2D eigenvalue weighted by atomic mass is 16.2. The van der Waals surface area contributed by atoms with E-state index < -0.39 is 0 Å². The monoisotopic (exact) mass is 215 g/mol. The Labute approximate surface area is 96.3 Å². The van der Waals surface area contributed by atoms with E-state index in [1.807, 2.05) is 17.0 Å². The van der Waals surface area contributed by atoms with Crippen molar-refractivity contribution in [2.75, 3.05) is 4.90 Å². The second kappa shape index (κ2) is 3.34. The summed E-state index contributed by atoms with van der Waals surface area (Å²) in [6, 6.07) is 8.63. The first kappa shape index (κ1) is 9.88. The zero-order valence-electron chi connectivity index (χ0n) is 9.81. The van der Waals surface area contributed by atoms with Crippen molar-refractivity contribution in [3.8, 4) is 0 Å². The molecule has 0 bridgehead atoms. The standard InChI is InChI=1S/C14H17NO/c1-9-7-13(10(9)2)15-12-6-4-3-5-11(12)8-14(15)16/h3-6,9-10,13H,7-8H2,1-2H3/t9?,10-,13?/m1/s1. The molecule has 16 heavy (non-hydrogen) atoms.